The van der Waals surface area contributed by atoms with Gasteiger partial charge in [-0.05, 0) is 37.5 Å². The van der Waals surface area contributed by atoms with Crippen molar-refractivity contribution in [3.8, 4) is 0 Å². The lowest BCUT2D eigenvalue weighted by atomic mass is 10.0. The van der Waals surface area contributed by atoms with Gasteiger partial charge in [-0.2, -0.15) is 0 Å². The summed E-state index contributed by atoms with van der Waals surface area (Å²) in [5.41, 5.74) is 0. The van der Waals surface area contributed by atoms with Gasteiger partial charge in [-0.3, -0.25) is 9.59 Å². The maximum absolute atomic E-state index is 11.5. The minimum Gasteiger partial charge on any atom is -0.465 e. The molecular formula is C28H52O4. The smallest absolute Gasteiger partial charge is 0.306 e. The van der Waals surface area contributed by atoms with Gasteiger partial charge in [-0.1, -0.05) is 104 Å². The molecule has 0 aromatic rings. The Kier molecular flexibility index (Phi) is 21.9. The summed E-state index contributed by atoms with van der Waals surface area (Å²) in [5, 5.41) is 0. The summed E-state index contributed by atoms with van der Waals surface area (Å²) in [7, 11) is 0. The molecule has 0 saturated carbocycles. The van der Waals surface area contributed by atoms with Crippen LogP contribution in [0.15, 0.2) is 12.2 Å². The van der Waals surface area contributed by atoms with E-state index < -0.39 is 0 Å². The van der Waals surface area contributed by atoms with Gasteiger partial charge in [0.25, 0.3) is 0 Å². The molecule has 4 nitrogen and oxygen atoms in total. The van der Waals surface area contributed by atoms with Crippen LogP contribution in [0, 0.1) is 11.8 Å². The summed E-state index contributed by atoms with van der Waals surface area (Å²) in [5.74, 6) is 0.713. The molecule has 0 N–H and O–H groups in total. The van der Waals surface area contributed by atoms with Crippen LogP contribution in [0.2, 0.25) is 0 Å². The predicted molar refractivity (Wildman–Crippen MR) is 135 cm³/mol. The van der Waals surface area contributed by atoms with Gasteiger partial charge in [0.15, 0.2) is 0 Å². The van der Waals surface area contributed by atoms with E-state index in [-0.39, 0.29) is 11.9 Å². The first-order valence-electron chi connectivity index (χ1n) is 13.4. The first-order chi connectivity index (χ1) is 15.4. The number of ether oxygens (including phenoxy) is 2. The Morgan fingerprint density at radius 3 is 1.38 bits per heavy atom. The van der Waals surface area contributed by atoms with Crippen molar-refractivity contribution in [2.45, 2.75) is 130 Å². The Labute approximate surface area is 198 Å². The van der Waals surface area contributed by atoms with Gasteiger partial charge >= 0.3 is 11.9 Å². The average molecular weight is 453 g/mol. The first kappa shape index (κ1) is 30.7. The Morgan fingerprint density at radius 1 is 0.531 bits per heavy atom. The molecule has 0 aliphatic rings. The Morgan fingerprint density at radius 2 is 0.906 bits per heavy atom. The van der Waals surface area contributed by atoms with Crippen LogP contribution < -0.4 is 0 Å². The van der Waals surface area contributed by atoms with Gasteiger partial charge in [0.1, 0.15) is 0 Å². The molecule has 0 aliphatic carbocycles. The highest BCUT2D eigenvalue weighted by Gasteiger charge is 2.04. The average Bonchev–Trinajstić information content (AvgIpc) is 2.75. The summed E-state index contributed by atoms with van der Waals surface area (Å²) >= 11 is 0. The quantitative estimate of drug-likeness (QED) is 0.0943. The molecule has 0 rings (SSSR count). The van der Waals surface area contributed by atoms with Crippen LogP contribution in [-0.4, -0.2) is 25.2 Å². The van der Waals surface area contributed by atoms with Crippen LogP contribution >= 0.6 is 0 Å². The fourth-order valence-corrected chi connectivity index (χ4v) is 3.40. The molecule has 0 amide bonds. The van der Waals surface area contributed by atoms with Crippen molar-refractivity contribution in [2.75, 3.05) is 13.2 Å². The lowest BCUT2D eigenvalue weighted by Gasteiger charge is -2.07. The van der Waals surface area contributed by atoms with Gasteiger partial charge in [-0.15, -0.1) is 0 Å². The molecule has 0 unspecified atom stereocenters. The molecular weight excluding hydrogens is 400 g/mol. The zero-order chi connectivity index (χ0) is 23.9. The van der Waals surface area contributed by atoms with Crippen molar-refractivity contribution in [1.29, 1.82) is 0 Å². The molecule has 32 heavy (non-hydrogen) atoms. The summed E-state index contributed by atoms with van der Waals surface area (Å²) in [6.45, 7) is 9.30. The molecule has 0 bridgehead atoms. The van der Waals surface area contributed by atoms with Crippen LogP contribution in [0.25, 0.3) is 0 Å². The minimum absolute atomic E-state index is 0.0335. The van der Waals surface area contributed by atoms with Crippen molar-refractivity contribution in [1.82, 2.24) is 0 Å². The molecule has 0 aliphatic heterocycles. The van der Waals surface area contributed by atoms with Gasteiger partial charge in [0, 0.05) is 12.8 Å². The van der Waals surface area contributed by atoms with Crippen LogP contribution in [-0.2, 0) is 19.1 Å². The van der Waals surface area contributed by atoms with Gasteiger partial charge in [0.05, 0.1) is 13.2 Å². The van der Waals surface area contributed by atoms with Crippen molar-refractivity contribution in [2.24, 2.45) is 11.8 Å². The van der Waals surface area contributed by atoms with E-state index in [9.17, 15) is 9.59 Å². The third-order valence-corrected chi connectivity index (χ3v) is 5.34. The molecule has 188 valence electrons. The van der Waals surface area contributed by atoms with Crippen LogP contribution in [0.4, 0.5) is 0 Å². The van der Waals surface area contributed by atoms with Crippen molar-refractivity contribution >= 4 is 11.9 Å². The number of unbranched alkanes of at least 4 members (excludes halogenated alkanes) is 12. The van der Waals surface area contributed by atoms with Crippen molar-refractivity contribution < 1.29 is 19.1 Å². The normalized spacial score (nSPS) is 11.6. The zero-order valence-corrected chi connectivity index (χ0v) is 21.7. The van der Waals surface area contributed by atoms with Gasteiger partial charge in [0.2, 0.25) is 0 Å². The second kappa shape index (κ2) is 22.9. The monoisotopic (exact) mass is 452 g/mol. The van der Waals surface area contributed by atoms with E-state index in [4.69, 9.17) is 9.47 Å². The van der Waals surface area contributed by atoms with Crippen LogP contribution in [0.5, 0.6) is 0 Å². The molecule has 0 fully saturated rings. The number of rotatable bonds is 22. The predicted octanol–water partition coefficient (Wildman–Crippen LogP) is 8.18. The second-order valence-corrected chi connectivity index (χ2v) is 9.95. The summed E-state index contributed by atoms with van der Waals surface area (Å²) in [6.07, 6.45) is 22.6. The third-order valence-electron chi connectivity index (χ3n) is 5.34. The van der Waals surface area contributed by atoms with E-state index in [0.717, 1.165) is 25.7 Å². The fraction of sp³-hybridized carbons (Fsp3) is 0.857. The maximum atomic E-state index is 11.5. The SMILES string of the molecule is CC(C)COC(=O)CC/C=C/CCCCCCCCCCCCCCC(=O)OCC(C)C. The van der Waals surface area contributed by atoms with Gasteiger partial charge in [-0.25, -0.2) is 0 Å². The van der Waals surface area contributed by atoms with E-state index in [1.54, 1.807) is 0 Å². The van der Waals surface area contributed by atoms with Crippen molar-refractivity contribution in [3.05, 3.63) is 12.2 Å². The lowest BCUT2D eigenvalue weighted by Crippen LogP contribution is -2.09. The van der Waals surface area contributed by atoms with Crippen LogP contribution in [0.1, 0.15) is 130 Å². The summed E-state index contributed by atoms with van der Waals surface area (Å²) in [4.78, 5) is 23.0. The number of allylic oxidation sites excluding steroid dienone is 2. The van der Waals surface area contributed by atoms with E-state index in [1.165, 1.54) is 64.2 Å². The molecule has 0 spiro atoms. The Bertz CT molecular complexity index is 468. The number of hydrogen-bond donors (Lipinski definition) is 0. The zero-order valence-electron chi connectivity index (χ0n) is 21.7. The summed E-state index contributed by atoms with van der Waals surface area (Å²) in [6, 6.07) is 0. The molecule has 4 heteroatoms. The first-order valence-corrected chi connectivity index (χ1v) is 13.4. The molecule has 0 aromatic carbocycles. The fourth-order valence-electron chi connectivity index (χ4n) is 3.40. The molecule has 0 saturated heterocycles. The number of esters is 2. The number of hydrogen-bond acceptors (Lipinski definition) is 4. The molecule has 0 radical (unpaired) electrons. The van der Waals surface area contributed by atoms with E-state index in [1.807, 2.05) is 0 Å². The Balaban J connectivity index is 3.23. The lowest BCUT2D eigenvalue weighted by molar-refractivity contribution is -0.145. The number of carbonyl (C=O) groups excluding carboxylic acids is 2. The number of carbonyl (C=O) groups is 2. The Hall–Kier alpha value is -1.32. The van der Waals surface area contributed by atoms with Gasteiger partial charge < -0.3 is 9.47 Å². The van der Waals surface area contributed by atoms with Crippen molar-refractivity contribution in [3.63, 3.8) is 0 Å². The van der Waals surface area contributed by atoms with E-state index in [2.05, 4.69) is 39.8 Å². The molecule has 0 atom stereocenters. The maximum Gasteiger partial charge on any atom is 0.306 e. The largest absolute Gasteiger partial charge is 0.465 e. The molecule has 0 aromatic heterocycles. The third kappa shape index (κ3) is 24.9. The highest BCUT2D eigenvalue weighted by Crippen LogP contribution is 2.13. The summed E-state index contributed by atoms with van der Waals surface area (Å²) < 4.78 is 10.4. The highest BCUT2D eigenvalue weighted by molar-refractivity contribution is 5.69. The van der Waals surface area contributed by atoms with E-state index >= 15 is 0 Å². The molecule has 0 heterocycles. The minimum atomic E-state index is -0.0811. The van der Waals surface area contributed by atoms with E-state index in [0.29, 0.717) is 37.9 Å². The van der Waals surface area contributed by atoms with Crippen LogP contribution in [0.3, 0.4) is 0 Å². The highest BCUT2D eigenvalue weighted by atomic mass is 16.5. The standard InChI is InChI=1S/C28H52O4/c1-25(2)23-31-27(29)21-19-17-15-13-11-9-7-5-6-8-10-12-14-16-18-20-22-28(30)32-24-26(3)4/h15,17,25-26H,5-14,16,18-24H2,1-4H3/b17-15+. The topological polar surface area (TPSA) is 52.6 Å². The second-order valence-electron chi connectivity index (χ2n) is 9.95.